The minimum atomic E-state index is -0.937. The van der Waals surface area contributed by atoms with Gasteiger partial charge in [0.25, 0.3) is 0 Å². The SMILES string of the molecule is NN[C@@H]1Nc2ccc(Cl)cc2C(c2ccccc2F)=N[C@H]1CCC(=O)O. The molecule has 0 saturated carbocycles. The highest BCUT2D eigenvalue weighted by atomic mass is 35.5. The number of nitrogens with one attached hydrogen (secondary N) is 2. The molecule has 0 saturated heterocycles. The molecular formula is C18H18ClFN4O2. The Labute approximate surface area is 154 Å². The lowest BCUT2D eigenvalue weighted by atomic mass is 10.00. The van der Waals surface area contributed by atoms with Gasteiger partial charge in [-0.05, 0) is 36.8 Å². The number of hydrazine groups is 1. The van der Waals surface area contributed by atoms with Crippen LogP contribution in [0.1, 0.15) is 24.0 Å². The van der Waals surface area contributed by atoms with Crippen molar-refractivity contribution in [1.82, 2.24) is 5.43 Å². The summed E-state index contributed by atoms with van der Waals surface area (Å²) in [4.78, 5) is 15.7. The van der Waals surface area contributed by atoms with Crippen molar-refractivity contribution in [2.75, 3.05) is 5.32 Å². The molecule has 0 aliphatic carbocycles. The van der Waals surface area contributed by atoms with Crippen molar-refractivity contribution in [3.63, 3.8) is 0 Å². The van der Waals surface area contributed by atoms with E-state index in [4.69, 9.17) is 22.6 Å². The topological polar surface area (TPSA) is 99.7 Å². The second kappa shape index (κ2) is 7.82. The van der Waals surface area contributed by atoms with Crippen LogP contribution in [0, 0.1) is 5.82 Å². The number of aliphatic carboxylic acids is 1. The van der Waals surface area contributed by atoms with E-state index >= 15 is 0 Å². The highest BCUT2D eigenvalue weighted by molar-refractivity contribution is 6.31. The largest absolute Gasteiger partial charge is 0.481 e. The Morgan fingerprint density at radius 3 is 2.77 bits per heavy atom. The van der Waals surface area contributed by atoms with Gasteiger partial charge in [-0.2, -0.15) is 0 Å². The Balaban J connectivity index is 2.15. The number of benzene rings is 2. The number of hydrogen-bond donors (Lipinski definition) is 4. The van der Waals surface area contributed by atoms with Crippen LogP contribution in [0.4, 0.5) is 10.1 Å². The fourth-order valence-corrected chi connectivity index (χ4v) is 3.11. The summed E-state index contributed by atoms with van der Waals surface area (Å²) in [7, 11) is 0. The first-order valence-electron chi connectivity index (χ1n) is 8.06. The number of benzodiazepines with no additional fused rings is 1. The summed E-state index contributed by atoms with van der Waals surface area (Å²) >= 11 is 6.14. The van der Waals surface area contributed by atoms with Crippen molar-refractivity contribution in [1.29, 1.82) is 0 Å². The molecule has 2 aromatic carbocycles. The van der Waals surface area contributed by atoms with Crippen LogP contribution in [0.25, 0.3) is 0 Å². The van der Waals surface area contributed by atoms with E-state index in [1.54, 1.807) is 36.4 Å². The Hall–Kier alpha value is -2.48. The van der Waals surface area contributed by atoms with E-state index in [1.165, 1.54) is 6.07 Å². The second-order valence-electron chi connectivity index (χ2n) is 5.94. The predicted octanol–water partition coefficient (Wildman–Crippen LogP) is 2.76. The zero-order valence-electron chi connectivity index (χ0n) is 13.7. The molecule has 136 valence electrons. The summed E-state index contributed by atoms with van der Waals surface area (Å²) in [6.07, 6.45) is -0.370. The number of halogens is 2. The predicted molar refractivity (Wildman–Crippen MR) is 98.9 cm³/mol. The number of anilines is 1. The summed E-state index contributed by atoms with van der Waals surface area (Å²) in [5, 5.41) is 12.7. The molecule has 1 aliphatic heterocycles. The molecule has 1 heterocycles. The van der Waals surface area contributed by atoms with Gasteiger partial charge in [-0.25, -0.2) is 9.82 Å². The number of carboxylic acids is 1. The van der Waals surface area contributed by atoms with Crippen molar-refractivity contribution in [3.8, 4) is 0 Å². The zero-order chi connectivity index (χ0) is 18.7. The minimum absolute atomic E-state index is 0.0876. The van der Waals surface area contributed by atoms with Gasteiger partial charge in [-0.1, -0.05) is 23.7 Å². The lowest BCUT2D eigenvalue weighted by molar-refractivity contribution is -0.137. The van der Waals surface area contributed by atoms with Gasteiger partial charge in [0.2, 0.25) is 0 Å². The summed E-state index contributed by atoms with van der Waals surface area (Å²) < 4.78 is 14.5. The first-order valence-corrected chi connectivity index (χ1v) is 8.44. The van der Waals surface area contributed by atoms with Gasteiger partial charge in [0.1, 0.15) is 12.0 Å². The zero-order valence-corrected chi connectivity index (χ0v) is 14.5. The van der Waals surface area contributed by atoms with Gasteiger partial charge < -0.3 is 10.4 Å². The maximum absolute atomic E-state index is 14.5. The third kappa shape index (κ3) is 3.85. The maximum atomic E-state index is 14.5. The van der Waals surface area contributed by atoms with E-state index in [0.29, 0.717) is 27.5 Å². The number of hydrogen-bond acceptors (Lipinski definition) is 5. The van der Waals surface area contributed by atoms with Gasteiger partial charge in [0.15, 0.2) is 0 Å². The number of carbonyl (C=O) groups is 1. The number of carboxylic acid groups (broad SMARTS) is 1. The van der Waals surface area contributed by atoms with Crippen LogP contribution in [0.5, 0.6) is 0 Å². The van der Waals surface area contributed by atoms with Crippen molar-refractivity contribution < 1.29 is 14.3 Å². The van der Waals surface area contributed by atoms with Crippen molar-refractivity contribution in [2.45, 2.75) is 25.0 Å². The molecule has 0 aromatic heterocycles. The highest BCUT2D eigenvalue weighted by Crippen LogP contribution is 2.29. The van der Waals surface area contributed by atoms with Crippen LogP contribution in [-0.2, 0) is 4.79 Å². The number of nitrogens with two attached hydrogens (primary N) is 1. The molecule has 0 unspecified atom stereocenters. The van der Waals surface area contributed by atoms with Gasteiger partial charge >= 0.3 is 5.97 Å². The van der Waals surface area contributed by atoms with E-state index in [9.17, 15) is 9.18 Å². The number of rotatable bonds is 5. The van der Waals surface area contributed by atoms with Crippen molar-refractivity contribution in [2.24, 2.45) is 10.8 Å². The Morgan fingerprint density at radius 1 is 1.31 bits per heavy atom. The van der Waals surface area contributed by atoms with Gasteiger partial charge in [-0.15, -0.1) is 0 Å². The van der Waals surface area contributed by atoms with E-state index in [-0.39, 0.29) is 12.8 Å². The number of aliphatic imine (C=N–C) groups is 1. The molecule has 3 rings (SSSR count). The molecule has 0 fully saturated rings. The fourth-order valence-electron chi connectivity index (χ4n) is 2.94. The standard InChI is InChI=1S/C18H18ClFN4O2/c19-10-5-6-14-12(9-10)17(11-3-1-2-4-13(11)20)22-15(7-8-16(25)26)18(23-14)24-21/h1-6,9,15,18,23-24H,7-8,21H2,(H,25,26)/t15-,18-/m0/s1. The van der Waals surface area contributed by atoms with E-state index in [2.05, 4.69) is 15.7 Å². The van der Waals surface area contributed by atoms with E-state index in [1.807, 2.05) is 0 Å². The summed E-state index contributed by atoms with van der Waals surface area (Å²) in [6.45, 7) is 0. The van der Waals surface area contributed by atoms with Crippen LogP contribution in [0.3, 0.4) is 0 Å². The average molecular weight is 377 g/mol. The Morgan fingerprint density at radius 2 is 2.08 bits per heavy atom. The molecule has 0 amide bonds. The molecule has 6 nitrogen and oxygen atoms in total. The Kier molecular flexibility index (Phi) is 5.51. The molecule has 2 aromatic rings. The monoisotopic (exact) mass is 376 g/mol. The Bertz CT molecular complexity index is 859. The third-order valence-electron chi connectivity index (χ3n) is 4.19. The molecule has 1 aliphatic rings. The number of nitrogens with zero attached hydrogens (tertiary/aromatic N) is 1. The van der Waals surface area contributed by atoms with Crippen LogP contribution >= 0.6 is 11.6 Å². The van der Waals surface area contributed by atoms with Crippen LogP contribution in [-0.4, -0.2) is 29.0 Å². The summed E-state index contributed by atoms with van der Waals surface area (Å²) in [6, 6.07) is 10.9. The molecule has 5 N–H and O–H groups in total. The first kappa shape index (κ1) is 18.3. The molecule has 8 heteroatoms. The van der Waals surface area contributed by atoms with Crippen molar-refractivity contribution >= 4 is 29.0 Å². The normalized spacial score (nSPS) is 19.1. The van der Waals surface area contributed by atoms with Gasteiger partial charge in [0.05, 0.1) is 11.8 Å². The molecule has 26 heavy (non-hydrogen) atoms. The third-order valence-corrected chi connectivity index (χ3v) is 4.43. The van der Waals surface area contributed by atoms with Gasteiger partial charge in [0, 0.05) is 28.3 Å². The highest BCUT2D eigenvalue weighted by Gasteiger charge is 2.28. The first-order chi connectivity index (χ1) is 12.5. The summed E-state index contributed by atoms with van der Waals surface area (Å²) in [5.41, 5.74) is 4.65. The van der Waals surface area contributed by atoms with Crippen molar-refractivity contribution in [3.05, 3.63) is 64.4 Å². The van der Waals surface area contributed by atoms with Crippen LogP contribution in [0.15, 0.2) is 47.5 Å². The smallest absolute Gasteiger partial charge is 0.303 e. The quantitative estimate of drug-likeness (QED) is 0.475. The molecule has 0 bridgehead atoms. The number of fused-ring (bicyclic) bond motifs is 1. The molecule has 2 atom stereocenters. The molecule has 0 radical (unpaired) electrons. The fraction of sp³-hybridized carbons (Fsp3) is 0.222. The van der Waals surface area contributed by atoms with E-state index < -0.39 is 24.0 Å². The minimum Gasteiger partial charge on any atom is -0.481 e. The van der Waals surface area contributed by atoms with Crippen LogP contribution in [0.2, 0.25) is 5.02 Å². The molecular weight excluding hydrogens is 359 g/mol. The van der Waals surface area contributed by atoms with E-state index in [0.717, 1.165) is 0 Å². The lowest BCUT2D eigenvalue weighted by Crippen LogP contribution is -2.48. The summed E-state index contributed by atoms with van der Waals surface area (Å²) in [5.74, 6) is 4.28. The maximum Gasteiger partial charge on any atom is 0.303 e. The molecule has 0 spiro atoms. The second-order valence-corrected chi connectivity index (χ2v) is 6.37. The lowest BCUT2D eigenvalue weighted by Gasteiger charge is -2.23. The van der Waals surface area contributed by atoms with Gasteiger partial charge in [-0.3, -0.25) is 15.6 Å². The average Bonchev–Trinajstić information content (AvgIpc) is 2.77. The van der Waals surface area contributed by atoms with Crippen LogP contribution < -0.4 is 16.6 Å².